The molecular formula is C34H37NO4. The quantitative estimate of drug-likeness (QED) is 0.142. The van der Waals surface area contributed by atoms with Gasteiger partial charge < -0.3 is 14.7 Å². The maximum atomic E-state index is 13.9. The van der Waals surface area contributed by atoms with Gasteiger partial charge >= 0.3 is 5.97 Å². The van der Waals surface area contributed by atoms with Crippen LogP contribution in [-0.4, -0.2) is 22.8 Å². The molecular weight excluding hydrogens is 486 g/mol. The van der Waals surface area contributed by atoms with E-state index in [1.807, 2.05) is 138 Å². The molecule has 0 radical (unpaired) electrons. The molecule has 0 amide bonds. The van der Waals surface area contributed by atoms with Gasteiger partial charge in [0.25, 0.3) is 0 Å². The molecule has 0 saturated carbocycles. The topological polar surface area (TPSA) is 67.8 Å². The van der Waals surface area contributed by atoms with E-state index in [0.717, 1.165) is 39.1 Å². The minimum absolute atomic E-state index is 0.234. The molecule has 1 unspecified atom stereocenters. The second-order valence-electron chi connectivity index (χ2n) is 10.9. The number of hydrogen-bond acceptors (Lipinski definition) is 5. The molecule has 4 rings (SSSR count). The largest absolute Gasteiger partial charge is 0.488 e. The van der Waals surface area contributed by atoms with Crippen LogP contribution in [0.5, 0.6) is 5.75 Å². The third-order valence-corrected chi connectivity index (χ3v) is 6.64. The third-order valence-electron chi connectivity index (χ3n) is 6.64. The normalized spacial score (nSPS) is 13.8. The molecule has 0 aliphatic carbocycles. The Morgan fingerprint density at radius 3 is 1.97 bits per heavy atom. The lowest BCUT2D eigenvalue weighted by molar-refractivity contribution is -0.159. The van der Waals surface area contributed by atoms with Gasteiger partial charge in [-0.25, -0.2) is 0 Å². The first-order valence-electron chi connectivity index (χ1n) is 13.2. The Balaban J connectivity index is 1.74. The van der Waals surface area contributed by atoms with Gasteiger partial charge in [0.2, 0.25) is 0 Å². The fourth-order valence-electron chi connectivity index (χ4n) is 4.77. The number of carbonyl (C=O) groups is 1. The number of carbonyl (C=O) groups excluding carboxylic acids is 1. The number of rotatable bonds is 9. The highest BCUT2D eigenvalue weighted by molar-refractivity contribution is 5.78. The molecule has 5 heteroatoms. The molecule has 0 saturated heterocycles. The number of hydroxylamine groups is 1. The van der Waals surface area contributed by atoms with Gasteiger partial charge in [0, 0.05) is 23.1 Å². The Hall–Kier alpha value is -3.93. The van der Waals surface area contributed by atoms with E-state index in [1.165, 1.54) is 0 Å². The smallest absolute Gasteiger partial charge is 0.327 e. The number of esters is 1. The van der Waals surface area contributed by atoms with Crippen LogP contribution in [0.1, 0.15) is 54.2 Å². The number of ether oxygens (including phenoxy) is 2. The lowest BCUT2D eigenvalue weighted by Crippen LogP contribution is -2.44. The van der Waals surface area contributed by atoms with E-state index < -0.39 is 17.6 Å². The van der Waals surface area contributed by atoms with Gasteiger partial charge in [-0.05, 0) is 57.9 Å². The molecule has 0 spiro atoms. The van der Waals surface area contributed by atoms with Gasteiger partial charge in [0.15, 0.2) is 5.60 Å². The lowest BCUT2D eigenvalue weighted by atomic mass is 9.78. The zero-order valence-electron chi connectivity index (χ0n) is 23.3. The summed E-state index contributed by atoms with van der Waals surface area (Å²) < 4.78 is 12.5. The van der Waals surface area contributed by atoms with Crippen molar-refractivity contribution in [3.8, 4) is 5.75 Å². The summed E-state index contributed by atoms with van der Waals surface area (Å²) >= 11 is 0. The second-order valence-corrected chi connectivity index (χ2v) is 10.9. The molecule has 0 aliphatic rings. The van der Waals surface area contributed by atoms with Crippen molar-refractivity contribution in [1.82, 2.24) is 5.48 Å². The average Bonchev–Trinajstić information content (AvgIpc) is 2.92. The summed E-state index contributed by atoms with van der Waals surface area (Å²) in [6.07, 6.45) is 0.234. The monoisotopic (exact) mass is 523 g/mol. The molecule has 2 N–H and O–H groups in total. The first kappa shape index (κ1) is 28.1. The molecule has 0 bridgehead atoms. The maximum Gasteiger partial charge on any atom is 0.327 e. The van der Waals surface area contributed by atoms with Crippen molar-refractivity contribution in [3.63, 3.8) is 0 Å². The fraction of sp³-hybridized carbons (Fsp3) is 0.265. The van der Waals surface area contributed by atoms with Crippen LogP contribution in [0.3, 0.4) is 0 Å². The van der Waals surface area contributed by atoms with E-state index in [4.69, 9.17) is 9.47 Å². The molecule has 5 nitrogen and oxygen atoms in total. The highest BCUT2D eigenvalue weighted by atomic mass is 16.6. The molecule has 4 aromatic carbocycles. The first-order chi connectivity index (χ1) is 18.6. The Labute approximate surface area is 231 Å². The van der Waals surface area contributed by atoms with E-state index in [-0.39, 0.29) is 12.0 Å². The van der Waals surface area contributed by atoms with E-state index in [1.54, 1.807) is 0 Å². The van der Waals surface area contributed by atoms with E-state index in [9.17, 15) is 10.0 Å². The summed E-state index contributed by atoms with van der Waals surface area (Å²) in [5.74, 6) is 0.171. The fourth-order valence-corrected chi connectivity index (χ4v) is 4.77. The van der Waals surface area contributed by atoms with E-state index in [2.05, 4.69) is 5.48 Å². The number of benzene rings is 4. The van der Waals surface area contributed by atoms with Gasteiger partial charge in [-0.1, -0.05) is 96.6 Å². The highest BCUT2D eigenvalue weighted by Gasteiger charge is 2.43. The van der Waals surface area contributed by atoms with Crippen molar-refractivity contribution in [1.29, 1.82) is 0 Å². The van der Waals surface area contributed by atoms with Crippen molar-refractivity contribution >= 4 is 5.97 Å². The van der Waals surface area contributed by atoms with Crippen LogP contribution in [0.2, 0.25) is 0 Å². The van der Waals surface area contributed by atoms with Crippen molar-refractivity contribution in [2.45, 2.75) is 58.3 Å². The van der Waals surface area contributed by atoms with Crippen LogP contribution in [0.4, 0.5) is 0 Å². The number of nitrogens with one attached hydrogen (secondary N) is 1. The van der Waals surface area contributed by atoms with Crippen molar-refractivity contribution in [2.24, 2.45) is 0 Å². The maximum absolute atomic E-state index is 13.9. The molecule has 39 heavy (non-hydrogen) atoms. The number of hydrogen-bond donors (Lipinski definition) is 2. The summed E-state index contributed by atoms with van der Waals surface area (Å²) in [6, 6.07) is 32.2. The standard InChI is InChI=1S/C34H37NO4/c1-24-15-19-28(20-16-24)34(27-12-7-6-8-13-27,30-14-10-9-11-25(30)2)39-32(36)31(35-37)23-26-17-21-29(22-18-26)38-33(3,4)5/h6-22,31,35,37H,23H2,1-5H3/t31-,34?/m0/s1. The van der Waals surface area contributed by atoms with Crippen LogP contribution in [0, 0.1) is 13.8 Å². The van der Waals surface area contributed by atoms with Crippen molar-refractivity contribution < 1.29 is 19.5 Å². The summed E-state index contributed by atoms with van der Waals surface area (Å²) in [5.41, 5.74) is 6.10. The molecule has 4 aromatic rings. The van der Waals surface area contributed by atoms with Crippen LogP contribution in [0.15, 0.2) is 103 Å². The van der Waals surface area contributed by atoms with Gasteiger partial charge in [0.1, 0.15) is 17.4 Å². The Morgan fingerprint density at radius 1 is 0.795 bits per heavy atom. The second kappa shape index (κ2) is 11.9. The average molecular weight is 524 g/mol. The summed E-state index contributed by atoms with van der Waals surface area (Å²) in [6.45, 7) is 10.0. The van der Waals surface area contributed by atoms with Crippen LogP contribution >= 0.6 is 0 Å². The molecule has 0 heterocycles. The Morgan fingerprint density at radius 2 is 1.38 bits per heavy atom. The lowest BCUT2D eigenvalue weighted by Gasteiger charge is -2.37. The van der Waals surface area contributed by atoms with Gasteiger partial charge in [-0.3, -0.25) is 4.79 Å². The molecule has 2 atom stereocenters. The van der Waals surface area contributed by atoms with Crippen molar-refractivity contribution in [3.05, 3.63) is 137 Å². The zero-order valence-corrected chi connectivity index (χ0v) is 23.3. The minimum atomic E-state index is -1.23. The predicted molar refractivity (Wildman–Crippen MR) is 154 cm³/mol. The minimum Gasteiger partial charge on any atom is -0.488 e. The van der Waals surface area contributed by atoms with Crippen LogP contribution in [0.25, 0.3) is 0 Å². The SMILES string of the molecule is Cc1ccc(C(OC(=O)[C@H](Cc2ccc(OC(C)(C)C)cc2)NO)(c2ccccc2)c2ccccc2C)cc1. The first-order valence-corrected chi connectivity index (χ1v) is 13.2. The van der Waals surface area contributed by atoms with E-state index >= 15 is 0 Å². The van der Waals surface area contributed by atoms with Crippen LogP contribution in [-0.2, 0) is 21.6 Å². The number of aryl methyl sites for hydroxylation is 2. The highest BCUT2D eigenvalue weighted by Crippen LogP contribution is 2.42. The molecule has 0 aliphatic heterocycles. The van der Waals surface area contributed by atoms with Crippen LogP contribution < -0.4 is 10.2 Å². The third kappa shape index (κ3) is 6.56. The molecule has 0 fully saturated rings. The zero-order chi connectivity index (χ0) is 28.0. The van der Waals surface area contributed by atoms with Gasteiger partial charge in [-0.2, -0.15) is 5.48 Å². The van der Waals surface area contributed by atoms with E-state index in [0.29, 0.717) is 0 Å². The van der Waals surface area contributed by atoms with Crippen molar-refractivity contribution in [2.75, 3.05) is 0 Å². The summed E-state index contributed by atoms with van der Waals surface area (Å²) in [5, 5.41) is 10.1. The molecule has 202 valence electrons. The summed E-state index contributed by atoms with van der Waals surface area (Å²) in [4.78, 5) is 13.9. The summed E-state index contributed by atoms with van der Waals surface area (Å²) in [7, 11) is 0. The Kier molecular flexibility index (Phi) is 8.54. The Bertz CT molecular complexity index is 1380. The molecule has 0 aromatic heterocycles. The van der Waals surface area contributed by atoms with Gasteiger partial charge in [-0.15, -0.1) is 0 Å². The van der Waals surface area contributed by atoms with Gasteiger partial charge in [0.05, 0.1) is 0 Å². The predicted octanol–water partition coefficient (Wildman–Crippen LogP) is 6.91.